The maximum Gasteiger partial charge on any atom is 0.374 e. The van der Waals surface area contributed by atoms with Crippen LogP contribution in [0.2, 0.25) is 0 Å². The molecule has 0 atom stereocenters. The van der Waals surface area contributed by atoms with Gasteiger partial charge in [0.2, 0.25) is 5.76 Å². The lowest BCUT2D eigenvalue weighted by Gasteiger charge is -2.03. The van der Waals surface area contributed by atoms with E-state index in [0.717, 1.165) is 9.64 Å². The van der Waals surface area contributed by atoms with E-state index >= 15 is 0 Å². The first-order valence-corrected chi connectivity index (χ1v) is 6.11. The third-order valence-corrected chi connectivity index (χ3v) is 3.03. The molecule has 17 heavy (non-hydrogen) atoms. The molecule has 1 heterocycles. The summed E-state index contributed by atoms with van der Waals surface area (Å²) in [6.07, 6.45) is 0. The van der Waals surface area contributed by atoms with Gasteiger partial charge in [0, 0.05) is 6.07 Å². The van der Waals surface area contributed by atoms with Gasteiger partial charge in [-0.05, 0) is 41.6 Å². The molecule has 0 unspecified atom stereocenters. The zero-order valence-electron chi connectivity index (χ0n) is 9.03. The van der Waals surface area contributed by atoms with E-state index in [0.29, 0.717) is 11.0 Å². The van der Waals surface area contributed by atoms with E-state index in [9.17, 15) is 9.59 Å². The van der Waals surface area contributed by atoms with Gasteiger partial charge in [0.25, 0.3) is 0 Å². The van der Waals surface area contributed by atoms with Crippen LogP contribution < -0.4 is 5.43 Å². The Hall–Kier alpha value is -1.37. The Balaban J connectivity index is 2.66. The highest BCUT2D eigenvalue weighted by Crippen LogP contribution is 2.19. The maximum atomic E-state index is 11.8. The molecule has 0 saturated carbocycles. The van der Waals surface area contributed by atoms with Gasteiger partial charge in [0.15, 0.2) is 11.0 Å². The third kappa shape index (κ3) is 2.33. The SMILES string of the molecule is CCOC(=O)c1cc(=O)c2cccc(I)c2o1. The van der Waals surface area contributed by atoms with Gasteiger partial charge in [-0.3, -0.25) is 4.79 Å². The van der Waals surface area contributed by atoms with Crippen LogP contribution >= 0.6 is 22.6 Å². The van der Waals surface area contributed by atoms with Gasteiger partial charge in [-0.1, -0.05) is 6.07 Å². The number of halogens is 1. The van der Waals surface area contributed by atoms with Crippen LogP contribution in [0.4, 0.5) is 0 Å². The minimum absolute atomic E-state index is 0.0616. The van der Waals surface area contributed by atoms with Crippen LogP contribution in [0.1, 0.15) is 17.5 Å². The Morgan fingerprint density at radius 1 is 1.47 bits per heavy atom. The molecule has 0 amide bonds. The summed E-state index contributed by atoms with van der Waals surface area (Å²) in [6.45, 7) is 1.94. The first-order chi connectivity index (χ1) is 8.13. The molecule has 2 rings (SSSR count). The number of para-hydroxylation sites is 1. The Kier molecular flexibility index (Phi) is 3.46. The van der Waals surface area contributed by atoms with Crippen LogP contribution in [0.3, 0.4) is 0 Å². The Morgan fingerprint density at radius 2 is 2.24 bits per heavy atom. The second-order valence-corrected chi connectivity index (χ2v) is 4.47. The monoisotopic (exact) mass is 344 g/mol. The van der Waals surface area contributed by atoms with E-state index in [4.69, 9.17) is 9.15 Å². The van der Waals surface area contributed by atoms with Crippen LogP contribution in [0.25, 0.3) is 11.0 Å². The molecule has 0 fully saturated rings. The predicted octanol–water partition coefficient (Wildman–Crippen LogP) is 2.57. The van der Waals surface area contributed by atoms with Gasteiger partial charge < -0.3 is 9.15 Å². The molecule has 2 aromatic rings. The summed E-state index contributed by atoms with van der Waals surface area (Å²) in [6, 6.07) is 6.40. The molecule has 0 spiro atoms. The number of carbonyl (C=O) groups is 1. The fourth-order valence-corrected chi connectivity index (χ4v) is 2.05. The standard InChI is InChI=1S/C12H9IO4/c1-2-16-12(15)10-6-9(14)7-4-3-5-8(13)11(7)17-10/h3-6H,2H2,1H3. The number of fused-ring (bicyclic) bond motifs is 1. The van der Waals surface area contributed by atoms with Crippen molar-refractivity contribution in [2.45, 2.75) is 6.92 Å². The van der Waals surface area contributed by atoms with Crippen molar-refractivity contribution in [3.05, 3.63) is 43.8 Å². The summed E-state index contributed by atoms with van der Waals surface area (Å²) in [4.78, 5) is 23.3. The summed E-state index contributed by atoms with van der Waals surface area (Å²) in [7, 11) is 0. The molecule has 0 saturated heterocycles. The summed E-state index contributed by atoms with van der Waals surface area (Å²) in [5.74, 6) is -0.681. The molecule has 1 aromatic carbocycles. The maximum absolute atomic E-state index is 11.8. The molecule has 1 aromatic heterocycles. The molecule has 0 aliphatic heterocycles. The second kappa shape index (κ2) is 4.87. The highest BCUT2D eigenvalue weighted by atomic mass is 127. The van der Waals surface area contributed by atoms with E-state index in [2.05, 4.69) is 22.6 Å². The van der Waals surface area contributed by atoms with Crippen molar-refractivity contribution in [1.29, 1.82) is 0 Å². The molecule has 4 nitrogen and oxygen atoms in total. The van der Waals surface area contributed by atoms with Crippen LogP contribution in [-0.2, 0) is 4.74 Å². The number of carbonyl (C=O) groups excluding carboxylic acids is 1. The number of hydrogen-bond acceptors (Lipinski definition) is 4. The molecule has 88 valence electrons. The minimum atomic E-state index is -0.619. The van der Waals surface area contributed by atoms with Gasteiger partial charge in [0.1, 0.15) is 0 Å². The van der Waals surface area contributed by atoms with E-state index < -0.39 is 5.97 Å². The molecular formula is C12H9IO4. The zero-order valence-corrected chi connectivity index (χ0v) is 11.2. The van der Waals surface area contributed by atoms with Gasteiger partial charge in [-0.15, -0.1) is 0 Å². The predicted molar refractivity (Wildman–Crippen MR) is 71.2 cm³/mol. The first kappa shape index (κ1) is 12.1. The Morgan fingerprint density at radius 3 is 2.94 bits per heavy atom. The fraction of sp³-hybridized carbons (Fsp3) is 0.167. The third-order valence-electron chi connectivity index (χ3n) is 2.18. The summed E-state index contributed by atoms with van der Waals surface area (Å²) >= 11 is 2.05. The molecule has 0 N–H and O–H groups in total. The van der Waals surface area contributed by atoms with E-state index in [1.165, 1.54) is 0 Å². The number of benzene rings is 1. The van der Waals surface area contributed by atoms with E-state index in [1.807, 2.05) is 0 Å². The van der Waals surface area contributed by atoms with Gasteiger partial charge >= 0.3 is 5.97 Å². The molecular weight excluding hydrogens is 335 g/mol. The van der Waals surface area contributed by atoms with Gasteiger partial charge in [0.05, 0.1) is 15.6 Å². The summed E-state index contributed by atoms with van der Waals surface area (Å²) < 4.78 is 11.0. The lowest BCUT2D eigenvalue weighted by Crippen LogP contribution is -2.10. The fourth-order valence-electron chi connectivity index (χ4n) is 1.45. The summed E-state index contributed by atoms with van der Waals surface area (Å²) in [5, 5.41) is 0.463. The number of hydrogen-bond donors (Lipinski definition) is 0. The molecule has 0 aliphatic carbocycles. The smallest absolute Gasteiger partial charge is 0.374 e. The van der Waals surface area contributed by atoms with E-state index in [-0.39, 0.29) is 17.8 Å². The average molecular weight is 344 g/mol. The van der Waals surface area contributed by atoms with E-state index in [1.54, 1.807) is 25.1 Å². The lowest BCUT2D eigenvalue weighted by atomic mass is 10.2. The van der Waals surface area contributed by atoms with Crippen LogP contribution in [0, 0.1) is 3.57 Å². The molecule has 5 heteroatoms. The summed E-state index contributed by atoms with van der Waals surface area (Å²) in [5.41, 5.74) is 0.177. The van der Waals surface area contributed by atoms with Crippen molar-refractivity contribution in [1.82, 2.24) is 0 Å². The van der Waals surface area contributed by atoms with Crippen molar-refractivity contribution < 1.29 is 13.9 Å². The second-order valence-electron chi connectivity index (χ2n) is 3.31. The number of esters is 1. The van der Waals surface area contributed by atoms with Crippen molar-refractivity contribution in [3.63, 3.8) is 0 Å². The Labute approximate surface area is 111 Å². The van der Waals surface area contributed by atoms with Crippen molar-refractivity contribution in [2.24, 2.45) is 0 Å². The highest BCUT2D eigenvalue weighted by molar-refractivity contribution is 14.1. The van der Waals surface area contributed by atoms with Crippen LogP contribution in [-0.4, -0.2) is 12.6 Å². The van der Waals surface area contributed by atoms with Crippen LogP contribution in [0.15, 0.2) is 33.5 Å². The Bertz CT molecular complexity index is 630. The first-order valence-electron chi connectivity index (χ1n) is 5.03. The normalized spacial score (nSPS) is 10.5. The molecule has 0 radical (unpaired) electrons. The van der Waals surface area contributed by atoms with Gasteiger partial charge in [-0.25, -0.2) is 4.79 Å². The zero-order chi connectivity index (χ0) is 12.4. The lowest BCUT2D eigenvalue weighted by molar-refractivity contribution is 0.0490. The molecule has 0 bridgehead atoms. The quantitative estimate of drug-likeness (QED) is 0.621. The topological polar surface area (TPSA) is 56.5 Å². The highest BCUT2D eigenvalue weighted by Gasteiger charge is 2.14. The number of rotatable bonds is 2. The largest absolute Gasteiger partial charge is 0.460 e. The van der Waals surface area contributed by atoms with Crippen molar-refractivity contribution >= 4 is 39.5 Å². The van der Waals surface area contributed by atoms with Crippen molar-refractivity contribution in [2.75, 3.05) is 6.61 Å². The number of ether oxygens (including phenoxy) is 1. The molecule has 0 aliphatic rings. The van der Waals surface area contributed by atoms with Crippen molar-refractivity contribution in [3.8, 4) is 0 Å². The van der Waals surface area contributed by atoms with Gasteiger partial charge in [-0.2, -0.15) is 0 Å². The van der Waals surface area contributed by atoms with Crippen LogP contribution in [0.5, 0.6) is 0 Å². The minimum Gasteiger partial charge on any atom is -0.460 e. The average Bonchev–Trinajstić information content (AvgIpc) is 2.30.